The molecule has 0 saturated carbocycles. The molecule has 0 aliphatic carbocycles. The molecule has 0 aliphatic rings. The topological polar surface area (TPSA) is 0 Å². The van der Waals surface area contributed by atoms with E-state index in [4.69, 9.17) is 25.3 Å². The summed E-state index contributed by atoms with van der Waals surface area (Å²) in [5.74, 6) is 2.83. The number of hydrogen-bond acceptors (Lipinski definition) is 2. The molecule has 0 fully saturated rings. The van der Waals surface area contributed by atoms with E-state index in [2.05, 4.69) is 69.2 Å². The van der Waals surface area contributed by atoms with Gasteiger partial charge in [0.15, 0.2) is 0 Å². The van der Waals surface area contributed by atoms with Crippen molar-refractivity contribution in [1.82, 2.24) is 0 Å². The smallest absolute Gasteiger partial charge is 0.789 e. The summed E-state index contributed by atoms with van der Waals surface area (Å²) in [6, 6.07) is 0. The Hall–Kier alpha value is 1.50. The second kappa shape index (κ2) is 29.5. The van der Waals surface area contributed by atoms with Crippen LogP contribution in [0.1, 0.15) is 94.9 Å². The predicted octanol–water partition coefficient (Wildman–Crippen LogP) is 6.30. The second-order valence-corrected chi connectivity index (χ2v) is 7.81. The molecule has 0 saturated heterocycles. The van der Waals surface area contributed by atoms with E-state index in [9.17, 15) is 0 Å². The average Bonchev–Trinajstić information content (AvgIpc) is 2.15. The van der Waals surface area contributed by atoms with Gasteiger partial charge in [0.2, 0.25) is 0 Å². The van der Waals surface area contributed by atoms with Crippen LogP contribution in [0.5, 0.6) is 0 Å². The Morgan fingerprint density at radius 2 is 0.810 bits per heavy atom. The molecule has 4 radical (unpaired) electrons. The van der Waals surface area contributed by atoms with Gasteiger partial charge in [-0.2, -0.15) is 10.5 Å². The molecular formula is C18H40S2Sn. The standard InChI is InChI=1S/2C5H12S.2C4H9.Sn/c2*1-3-4-5(2)6;2*1-4(2)3;/h2*5-6H,3-4H2,1-2H3;2*1-3H3;/q;;;;+2/p-2. The van der Waals surface area contributed by atoms with Crippen molar-refractivity contribution in [2.45, 2.75) is 105 Å². The predicted molar refractivity (Wildman–Crippen MR) is 110 cm³/mol. The van der Waals surface area contributed by atoms with Crippen LogP contribution in [0.2, 0.25) is 0 Å². The van der Waals surface area contributed by atoms with Crippen LogP contribution >= 0.6 is 0 Å². The fourth-order valence-corrected chi connectivity index (χ4v) is 1.28. The van der Waals surface area contributed by atoms with Gasteiger partial charge in [0.25, 0.3) is 0 Å². The van der Waals surface area contributed by atoms with E-state index < -0.39 is 0 Å². The van der Waals surface area contributed by atoms with E-state index in [1.54, 1.807) is 0 Å². The quantitative estimate of drug-likeness (QED) is 0.372. The normalized spacial score (nSPS) is 11.7. The van der Waals surface area contributed by atoms with Crippen molar-refractivity contribution in [1.29, 1.82) is 0 Å². The fourth-order valence-electron chi connectivity index (χ4n) is 0.813. The third kappa shape index (κ3) is 145. The first-order valence-corrected chi connectivity index (χ1v) is 8.80. The van der Waals surface area contributed by atoms with E-state index in [1.165, 1.54) is 37.5 Å². The number of rotatable bonds is 4. The first kappa shape index (κ1) is 34.0. The van der Waals surface area contributed by atoms with Gasteiger partial charge in [-0.25, -0.2) is 0 Å². The van der Waals surface area contributed by atoms with Crippen LogP contribution in [0.15, 0.2) is 0 Å². The summed E-state index contributed by atoms with van der Waals surface area (Å²) in [6.45, 7) is 20.9. The molecular weight excluding hydrogens is 399 g/mol. The molecule has 2 unspecified atom stereocenters. The SMILES string of the molecule is CCCC(C)[S-].CCCC(C)[S-].C[C](C)C.C[C](C)C.[Sn+2]. The molecule has 3 heteroatoms. The van der Waals surface area contributed by atoms with E-state index in [1.807, 2.05) is 0 Å². The van der Waals surface area contributed by atoms with Gasteiger partial charge in [0, 0.05) is 0 Å². The summed E-state index contributed by atoms with van der Waals surface area (Å²) in [6.07, 6.45) is 4.83. The van der Waals surface area contributed by atoms with Crippen LogP contribution in [-0.4, -0.2) is 34.4 Å². The van der Waals surface area contributed by atoms with E-state index >= 15 is 0 Å². The summed E-state index contributed by atoms with van der Waals surface area (Å²) in [4.78, 5) is 0. The Morgan fingerprint density at radius 3 is 0.810 bits per heavy atom. The van der Waals surface area contributed by atoms with Crippen LogP contribution in [0.3, 0.4) is 0 Å². The number of hydrogen-bond donors (Lipinski definition) is 0. The zero-order chi connectivity index (χ0) is 17.1. The minimum Gasteiger partial charge on any atom is -0.789 e. The summed E-state index contributed by atoms with van der Waals surface area (Å²) >= 11 is 9.76. The molecule has 0 aromatic heterocycles. The average molecular weight is 439 g/mol. The molecule has 0 heterocycles. The van der Waals surface area contributed by atoms with Gasteiger partial charge in [0.1, 0.15) is 0 Å². The van der Waals surface area contributed by atoms with Crippen molar-refractivity contribution in [2.75, 3.05) is 0 Å². The molecule has 0 nitrogen and oxygen atoms in total. The van der Waals surface area contributed by atoms with E-state index in [0.29, 0.717) is 10.5 Å². The molecule has 0 aliphatic heterocycles. The van der Waals surface area contributed by atoms with Gasteiger partial charge < -0.3 is 25.3 Å². The van der Waals surface area contributed by atoms with Gasteiger partial charge in [0.05, 0.1) is 0 Å². The third-order valence-electron chi connectivity index (χ3n) is 1.39. The minimum absolute atomic E-state index is 0. The van der Waals surface area contributed by atoms with Crippen molar-refractivity contribution in [2.24, 2.45) is 0 Å². The summed E-state index contributed by atoms with van der Waals surface area (Å²) in [5, 5.41) is 0.963. The van der Waals surface area contributed by atoms with Gasteiger partial charge in [-0.1, -0.05) is 94.9 Å². The molecule has 0 N–H and O–H groups in total. The Balaban J connectivity index is -0.0000000544. The molecule has 0 spiro atoms. The summed E-state index contributed by atoms with van der Waals surface area (Å²) < 4.78 is 0. The molecule has 0 aromatic carbocycles. The first-order chi connectivity index (χ1) is 9.00. The van der Waals surface area contributed by atoms with Crippen LogP contribution in [0, 0.1) is 11.8 Å². The van der Waals surface area contributed by atoms with Gasteiger partial charge in [-0.05, 0) is 11.8 Å². The largest absolute Gasteiger partial charge is 2.00 e. The van der Waals surface area contributed by atoms with E-state index in [-0.39, 0.29) is 23.9 Å². The monoisotopic (exact) mass is 440 g/mol. The van der Waals surface area contributed by atoms with Crippen molar-refractivity contribution < 1.29 is 0 Å². The second-order valence-electron chi connectivity index (χ2n) is 6.20. The molecule has 0 bridgehead atoms. The maximum atomic E-state index is 4.88. The van der Waals surface area contributed by atoms with Gasteiger partial charge in [-0.3, -0.25) is 0 Å². The first-order valence-electron chi connectivity index (χ1n) is 7.86. The summed E-state index contributed by atoms with van der Waals surface area (Å²) in [7, 11) is 0. The van der Waals surface area contributed by atoms with Crippen LogP contribution in [0.25, 0.3) is 0 Å². The Bertz CT molecular complexity index is 114. The molecule has 2 atom stereocenters. The van der Waals surface area contributed by atoms with Crippen LogP contribution < -0.4 is 0 Å². The minimum atomic E-state index is 0. The molecule has 21 heavy (non-hydrogen) atoms. The maximum Gasteiger partial charge on any atom is 2.00 e. The summed E-state index contributed by atoms with van der Waals surface area (Å²) in [5.41, 5.74) is 0. The van der Waals surface area contributed by atoms with Crippen molar-refractivity contribution in [3.05, 3.63) is 11.8 Å². The van der Waals surface area contributed by atoms with Gasteiger partial charge in [-0.15, -0.1) is 0 Å². The Labute approximate surface area is 165 Å². The zero-order valence-electron chi connectivity index (χ0n) is 16.3. The molecule has 0 rings (SSSR count). The maximum absolute atomic E-state index is 4.88. The van der Waals surface area contributed by atoms with Crippen molar-refractivity contribution >= 4 is 49.2 Å². The fraction of sp³-hybridized carbons (Fsp3) is 0.889. The Morgan fingerprint density at radius 1 is 0.667 bits per heavy atom. The third-order valence-corrected chi connectivity index (χ3v) is 1.86. The van der Waals surface area contributed by atoms with E-state index in [0.717, 1.165) is 0 Å². The van der Waals surface area contributed by atoms with Crippen molar-refractivity contribution in [3.63, 3.8) is 0 Å². The molecule has 0 aromatic rings. The molecule has 128 valence electrons. The van der Waals surface area contributed by atoms with Crippen molar-refractivity contribution in [3.8, 4) is 0 Å². The Kier molecular flexibility index (Phi) is 47.7. The van der Waals surface area contributed by atoms with Gasteiger partial charge >= 0.3 is 23.9 Å². The van der Waals surface area contributed by atoms with Crippen LogP contribution in [-0.2, 0) is 25.3 Å². The zero-order valence-corrected chi connectivity index (χ0v) is 20.8. The molecule has 0 amide bonds. The van der Waals surface area contributed by atoms with Crippen LogP contribution in [0.4, 0.5) is 0 Å².